The Morgan fingerprint density at radius 1 is 1.13 bits per heavy atom. The van der Waals surface area contributed by atoms with Gasteiger partial charge >= 0.3 is 0 Å². The van der Waals surface area contributed by atoms with Crippen LogP contribution in [0.25, 0.3) is 0 Å². The summed E-state index contributed by atoms with van der Waals surface area (Å²) in [5.74, 6) is 0. The normalized spacial score (nSPS) is 13.9. The molecule has 1 rings (SSSR count). The molecule has 3 nitrogen and oxygen atoms in total. The van der Waals surface area contributed by atoms with Gasteiger partial charge in [-0.25, -0.2) is 13.1 Å². The van der Waals surface area contributed by atoms with Gasteiger partial charge in [-0.05, 0) is 33.4 Å². The van der Waals surface area contributed by atoms with Gasteiger partial charge in [-0.2, -0.15) is 0 Å². The van der Waals surface area contributed by atoms with Crippen LogP contribution in [0.5, 0.6) is 0 Å². The maximum atomic E-state index is 11.6. The van der Waals surface area contributed by atoms with Gasteiger partial charge < -0.3 is 0 Å². The number of sulfonamides is 1. The molecule has 0 amide bonds. The molecule has 0 aromatic heterocycles. The van der Waals surface area contributed by atoms with Crippen LogP contribution in [-0.2, 0) is 10.0 Å². The van der Waals surface area contributed by atoms with Crippen LogP contribution in [0.2, 0.25) is 0 Å². The maximum Gasteiger partial charge on any atom is 0.218 e. The van der Waals surface area contributed by atoms with Crippen molar-refractivity contribution < 1.29 is 8.42 Å². The first-order chi connectivity index (χ1) is 6.86. The molecular formula is C11H17NO2S. The molecule has 0 saturated heterocycles. The summed E-state index contributed by atoms with van der Waals surface area (Å²) in [6.07, 6.45) is 0. The quantitative estimate of drug-likeness (QED) is 0.857. The summed E-state index contributed by atoms with van der Waals surface area (Å²) >= 11 is 0. The molecule has 1 unspecified atom stereocenters. The maximum absolute atomic E-state index is 11.6. The average Bonchev–Trinajstić information content (AvgIpc) is 2.15. The van der Waals surface area contributed by atoms with Crippen LogP contribution < -0.4 is 4.72 Å². The van der Waals surface area contributed by atoms with Crippen molar-refractivity contribution in [2.24, 2.45) is 0 Å². The predicted octanol–water partition coefficient (Wildman–Crippen LogP) is 1.91. The topological polar surface area (TPSA) is 46.2 Å². The second kappa shape index (κ2) is 4.33. The average molecular weight is 227 g/mol. The van der Waals surface area contributed by atoms with Gasteiger partial charge in [0.15, 0.2) is 0 Å². The molecule has 15 heavy (non-hydrogen) atoms. The van der Waals surface area contributed by atoms with Crippen molar-refractivity contribution in [2.75, 3.05) is 7.05 Å². The molecule has 1 atom stereocenters. The monoisotopic (exact) mass is 227 g/mol. The first-order valence-corrected chi connectivity index (χ1v) is 6.42. The zero-order valence-electron chi connectivity index (χ0n) is 9.53. The third-order valence-electron chi connectivity index (χ3n) is 2.46. The van der Waals surface area contributed by atoms with Crippen molar-refractivity contribution in [3.05, 3.63) is 34.9 Å². The Morgan fingerprint density at radius 2 is 1.60 bits per heavy atom. The number of benzene rings is 1. The van der Waals surface area contributed by atoms with Gasteiger partial charge in [0.2, 0.25) is 10.0 Å². The van der Waals surface area contributed by atoms with E-state index in [2.05, 4.69) is 4.72 Å². The van der Waals surface area contributed by atoms with Gasteiger partial charge in [0.25, 0.3) is 0 Å². The fourth-order valence-electron chi connectivity index (χ4n) is 1.60. The Balaban J connectivity index is 3.17. The largest absolute Gasteiger partial charge is 0.218 e. The van der Waals surface area contributed by atoms with Crippen LogP contribution in [0.1, 0.15) is 28.9 Å². The van der Waals surface area contributed by atoms with E-state index in [4.69, 9.17) is 0 Å². The zero-order valence-corrected chi connectivity index (χ0v) is 10.4. The fourth-order valence-corrected chi connectivity index (χ4v) is 2.45. The van der Waals surface area contributed by atoms with Gasteiger partial charge in [0.05, 0.1) is 5.25 Å². The van der Waals surface area contributed by atoms with Gasteiger partial charge in [-0.15, -0.1) is 0 Å². The van der Waals surface area contributed by atoms with E-state index >= 15 is 0 Å². The number of aryl methyl sites for hydroxylation is 2. The molecule has 84 valence electrons. The van der Waals surface area contributed by atoms with E-state index in [0.717, 1.165) is 16.7 Å². The Hall–Kier alpha value is -0.870. The number of nitrogens with one attached hydrogen (secondary N) is 1. The van der Waals surface area contributed by atoms with Gasteiger partial charge in [-0.3, -0.25) is 0 Å². The lowest BCUT2D eigenvalue weighted by Gasteiger charge is -2.13. The van der Waals surface area contributed by atoms with E-state index in [1.54, 1.807) is 6.92 Å². The van der Waals surface area contributed by atoms with E-state index in [1.165, 1.54) is 7.05 Å². The fraction of sp³-hybridized carbons (Fsp3) is 0.455. The molecule has 0 saturated carbocycles. The van der Waals surface area contributed by atoms with E-state index in [1.807, 2.05) is 32.0 Å². The zero-order chi connectivity index (χ0) is 11.6. The van der Waals surface area contributed by atoms with E-state index in [0.29, 0.717) is 0 Å². The third-order valence-corrected chi connectivity index (χ3v) is 4.24. The molecule has 0 aliphatic heterocycles. The number of hydrogen-bond acceptors (Lipinski definition) is 2. The van der Waals surface area contributed by atoms with E-state index in [-0.39, 0.29) is 0 Å². The summed E-state index contributed by atoms with van der Waals surface area (Å²) in [5, 5.41) is -0.513. The van der Waals surface area contributed by atoms with Crippen molar-refractivity contribution in [1.82, 2.24) is 4.72 Å². The minimum absolute atomic E-state index is 0.513. The highest BCUT2D eigenvalue weighted by molar-refractivity contribution is 7.89. The van der Waals surface area contributed by atoms with Crippen molar-refractivity contribution in [3.63, 3.8) is 0 Å². The van der Waals surface area contributed by atoms with Crippen LogP contribution in [0.15, 0.2) is 18.2 Å². The van der Waals surface area contributed by atoms with Gasteiger partial charge in [0.1, 0.15) is 0 Å². The summed E-state index contributed by atoms with van der Waals surface area (Å²) in [6, 6.07) is 5.85. The molecule has 4 heteroatoms. The van der Waals surface area contributed by atoms with Crippen molar-refractivity contribution in [1.29, 1.82) is 0 Å². The van der Waals surface area contributed by atoms with E-state index in [9.17, 15) is 8.42 Å². The molecule has 0 bridgehead atoms. The molecule has 0 radical (unpaired) electrons. The molecule has 0 spiro atoms. The Bertz CT molecular complexity index is 431. The first-order valence-electron chi connectivity index (χ1n) is 4.87. The smallest absolute Gasteiger partial charge is 0.218 e. The highest BCUT2D eigenvalue weighted by atomic mass is 32.2. The lowest BCUT2D eigenvalue weighted by atomic mass is 10.1. The Kier molecular flexibility index (Phi) is 3.52. The van der Waals surface area contributed by atoms with Crippen LogP contribution in [0, 0.1) is 13.8 Å². The van der Waals surface area contributed by atoms with Crippen LogP contribution >= 0.6 is 0 Å². The molecule has 1 aromatic carbocycles. The molecule has 0 heterocycles. The Labute approximate surface area is 91.6 Å². The van der Waals surface area contributed by atoms with Crippen LogP contribution in [0.3, 0.4) is 0 Å². The molecule has 0 aliphatic rings. The SMILES string of the molecule is CNS(=O)(=O)C(C)c1cc(C)cc(C)c1. The van der Waals surface area contributed by atoms with E-state index < -0.39 is 15.3 Å². The van der Waals surface area contributed by atoms with Crippen LogP contribution in [0.4, 0.5) is 0 Å². The summed E-state index contributed by atoms with van der Waals surface area (Å²) in [4.78, 5) is 0. The van der Waals surface area contributed by atoms with Crippen molar-refractivity contribution in [3.8, 4) is 0 Å². The Morgan fingerprint density at radius 3 is 2.00 bits per heavy atom. The first kappa shape index (κ1) is 12.2. The molecule has 0 aliphatic carbocycles. The summed E-state index contributed by atoms with van der Waals surface area (Å²) < 4.78 is 25.6. The van der Waals surface area contributed by atoms with Gasteiger partial charge in [-0.1, -0.05) is 29.3 Å². The van der Waals surface area contributed by atoms with Crippen molar-refractivity contribution in [2.45, 2.75) is 26.0 Å². The second-order valence-electron chi connectivity index (χ2n) is 3.81. The molecule has 0 fully saturated rings. The summed E-state index contributed by atoms with van der Waals surface area (Å²) in [7, 11) is -1.80. The second-order valence-corrected chi connectivity index (χ2v) is 6.02. The molecular weight excluding hydrogens is 210 g/mol. The molecule has 1 N–H and O–H groups in total. The summed E-state index contributed by atoms with van der Waals surface area (Å²) in [5.41, 5.74) is 3.01. The predicted molar refractivity (Wildman–Crippen MR) is 62.3 cm³/mol. The molecule has 1 aromatic rings. The summed E-state index contributed by atoms with van der Waals surface area (Å²) in [6.45, 7) is 5.63. The third kappa shape index (κ3) is 2.79. The standard InChI is InChI=1S/C11H17NO2S/c1-8-5-9(2)7-11(6-8)10(3)15(13,14)12-4/h5-7,10,12H,1-4H3. The van der Waals surface area contributed by atoms with Gasteiger partial charge in [0, 0.05) is 0 Å². The number of hydrogen-bond donors (Lipinski definition) is 1. The number of rotatable bonds is 3. The highest BCUT2D eigenvalue weighted by Crippen LogP contribution is 2.22. The highest BCUT2D eigenvalue weighted by Gasteiger charge is 2.20. The minimum Gasteiger partial charge on any atom is -0.218 e. The lowest BCUT2D eigenvalue weighted by molar-refractivity contribution is 0.578. The lowest BCUT2D eigenvalue weighted by Crippen LogP contribution is -2.24. The van der Waals surface area contributed by atoms with Crippen molar-refractivity contribution >= 4 is 10.0 Å². The minimum atomic E-state index is -3.23. The van der Waals surface area contributed by atoms with Crippen LogP contribution in [-0.4, -0.2) is 15.5 Å².